The lowest BCUT2D eigenvalue weighted by Crippen LogP contribution is -2.55. The maximum atomic E-state index is 12.7. The summed E-state index contributed by atoms with van der Waals surface area (Å²) in [6.45, 7) is 6.31. The molecule has 1 N–H and O–H groups in total. The molecule has 1 aliphatic rings. The number of aliphatic carboxylic acids is 1. The van der Waals surface area contributed by atoms with Crippen molar-refractivity contribution in [1.29, 1.82) is 0 Å². The average molecular weight is 405 g/mol. The van der Waals surface area contributed by atoms with Crippen LogP contribution in [-0.2, 0) is 4.79 Å². The first kappa shape index (κ1) is 21.5. The molecule has 2 atom stereocenters. The molecule has 0 saturated carbocycles. The fraction of sp³-hybridized carbons (Fsp3) is 0.292. The second kappa shape index (κ2) is 9.50. The minimum absolute atomic E-state index is 0.0677. The van der Waals surface area contributed by atoms with Crippen molar-refractivity contribution in [3.05, 3.63) is 71.6 Å². The first-order valence-corrected chi connectivity index (χ1v) is 10.00. The number of pyridine rings is 1. The molecule has 0 aliphatic carbocycles. The van der Waals surface area contributed by atoms with Crippen LogP contribution in [0.15, 0.2) is 54.7 Å². The van der Waals surface area contributed by atoms with Gasteiger partial charge in [-0.15, -0.1) is 0 Å². The fourth-order valence-electron chi connectivity index (χ4n) is 3.51. The summed E-state index contributed by atoms with van der Waals surface area (Å²) in [6.07, 6.45) is 7.32. The highest BCUT2D eigenvalue weighted by Gasteiger charge is 2.26. The molecule has 156 valence electrons. The van der Waals surface area contributed by atoms with E-state index in [1.54, 1.807) is 24.4 Å². The van der Waals surface area contributed by atoms with Crippen LogP contribution in [0.25, 0.3) is 12.2 Å². The van der Waals surface area contributed by atoms with Crippen LogP contribution in [0.1, 0.15) is 35.5 Å². The number of hydrogen-bond acceptors (Lipinski definition) is 5. The van der Waals surface area contributed by atoms with E-state index in [1.165, 1.54) is 12.2 Å². The Bertz CT molecular complexity index is 954. The van der Waals surface area contributed by atoms with Crippen molar-refractivity contribution < 1.29 is 14.7 Å². The number of hydrogen-bond donors (Lipinski definition) is 1. The van der Waals surface area contributed by atoms with E-state index < -0.39 is 5.97 Å². The Morgan fingerprint density at radius 2 is 1.80 bits per heavy atom. The molecule has 0 radical (unpaired) electrons. The van der Waals surface area contributed by atoms with Crippen LogP contribution in [0.2, 0.25) is 0 Å². The van der Waals surface area contributed by atoms with Crippen LogP contribution in [0.5, 0.6) is 0 Å². The van der Waals surface area contributed by atoms with E-state index in [0.29, 0.717) is 23.3 Å². The largest absolute Gasteiger partial charge is 0.478 e. The van der Waals surface area contributed by atoms with Gasteiger partial charge in [0, 0.05) is 48.7 Å². The smallest absolute Gasteiger partial charge is 0.328 e. The van der Waals surface area contributed by atoms with E-state index in [1.807, 2.05) is 18.2 Å². The normalized spacial score (nSPS) is 20.2. The molecule has 1 aromatic carbocycles. The predicted octanol–water partition coefficient (Wildman–Crippen LogP) is 3.60. The second-order valence-corrected chi connectivity index (χ2v) is 7.70. The van der Waals surface area contributed by atoms with Gasteiger partial charge in [-0.2, -0.15) is 0 Å². The number of nitrogens with zero attached hydrogens (tertiary/aromatic N) is 3. The lowest BCUT2D eigenvalue weighted by Gasteiger charge is -2.43. The van der Waals surface area contributed by atoms with E-state index in [0.717, 1.165) is 30.4 Å². The van der Waals surface area contributed by atoms with E-state index >= 15 is 0 Å². The summed E-state index contributed by atoms with van der Waals surface area (Å²) in [5.74, 6) is -1.09. The maximum absolute atomic E-state index is 12.7. The molecule has 6 nitrogen and oxygen atoms in total. The monoisotopic (exact) mass is 405 g/mol. The number of rotatable bonds is 6. The summed E-state index contributed by atoms with van der Waals surface area (Å²) in [5.41, 5.74) is 3.03. The molecule has 1 saturated heterocycles. The average Bonchev–Trinajstić information content (AvgIpc) is 2.74. The summed E-state index contributed by atoms with van der Waals surface area (Å²) in [5, 5.41) is 8.65. The lowest BCUT2D eigenvalue weighted by molar-refractivity contribution is -0.131. The zero-order valence-electron chi connectivity index (χ0n) is 17.5. The van der Waals surface area contributed by atoms with Crippen molar-refractivity contribution in [2.45, 2.75) is 25.9 Å². The quantitative estimate of drug-likeness (QED) is 0.585. The van der Waals surface area contributed by atoms with Crippen molar-refractivity contribution in [1.82, 2.24) is 9.88 Å². The topological polar surface area (TPSA) is 73.7 Å². The van der Waals surface area contributed by atoms with E-state index in [9.17, 15) is 9.59 Å². The highest BCUT2D eigenvalue weighted by atomic mass is 16.4. The van der Waals surface area contributed by atoms with Gasteiger partial charge in [-0.25, -0.2) is 4.79 Å². The Morgan fingerprint density at radius 3 is 2.43 bits per heavy atom. The number of carboxylic acids is 1. The minimum Gasteiger partial charge on any atom is -0.478 e. The van der Waals surface area contributed by atoms with Gasteiger partial charge in [0.25, 0.3) is 0 Å². The van der Waals surface area contributed by atoms with Crippen LogP contribution >= 0.6 is 0 Å². The van der Waals surface area contributed by atoms with Crippen molar-refractivity contribution in [2.24, 2.45) is 0 Å². The van der Waals surface area contributed by atoms with Gasteiger partial charge in [0.15, 0.2) is 5.78 Å². The van der Waals surface area contributed by atoms with Gasteiger partial charge in [-0.1, -0.05) is 18.2 Å². The number of piperazine rings is 1. The Kier molecular flexibility index (Phi) is 6.79. The first-order chi connectivity index (χ1) is 14.3. The molecule has 2 heterocycles. The van der Waals surface area contributed by atoms with Gasteiger partial charge < -0.3 is 10.0 Å². The number of anilines is 1. The zero-order chi connectivity index (χ0) is 21.7. The van der Waals surface area contributed by atoms with E-state index in [4.69, 9.17) is 5.11 Å². The number of ketones is 1. The predicted molar refractivity (Wildman–Crippen MR) is 120 cm³/mol. The SMILES string of the molecule is C[C@@H]1CN(c2cccc(C(=O)/C=C/c3ccc(/C=C/C(=O)O)nc3)c2)C[C@H](C)N1C. The van der Waals surface area contributed by atoms with Gasteiger partial charge in [0.2, 0.25) is 0 Å². The Morgan fingerprint density at radius 1 is 1.07 bits per heavy atom. The second-order valence-electron chi connectivity index (χ2n) is 7.70. The zero-order valence-corrected chi connectivity index (χ0v) is 17.5. The Balaban J connectivity index is 1.69. The first-order valence-electron chi connectivity index (χ1n) is 10.00. The summed E-state index contributed by atoms with van der Waals surface area (Å²) < 4.78 is 0. The molecule has 0 unspecified atom stereocenters. The van der Waals surface area contributed by atoms with Crippen molar-refractivity contribution in [3.8, 4) is 0 Å². The van der Waals surface area contributed by atoms with Crippen molar-refractivity contribution in [2.75, 3.05) is 25.0 Å². The molecule has 0 bridgehead atoms. The number of benzene rings is 1. The lowest BCUT2D eigenvalue weighted by atomic mass is 10.1. The number of carboxylic acid groups (broad SMARTS) is 1. The molecular formula is C24H27N3O3. The van der Waals surface area contributed by atoms with E-state index in [2.05, 4.69) is 41.7 Å². The number of aromatic nitrogens is 1. The number of carbonyl (C=O) groups is 2. The Labute approximate surface area is 177 Å². The summed E-state index contributed by atoms with van der Waals surface area (Å²) >= 11 is 0. The molecular weight excluding hydrogens is 378 g/mol. The third kappa shape index (κ3) is 5.42. The molecule has 6 heteroatoms. The van der Waals surface area contributed by atoms with Gasteiger partial charge in [0.05, 0.1) is 5.69 Å². The fourth-order valence-corrected chi connectivity index (χ4v) is 3.51. The summed E-state index contributed by atoms with van der Waals surface area (Å²) in [4.78, 5) is 32.1. The summed E-state index contributed by atoms with van der Waals surface area (Å²) in [6, 6.07) is 12.2. The molecule has 30 heavy (non-hydrogen) atoms. The third-order valence-corrected chi connectivity index (χ3v) is 5.49. The van der Waals surface area contributed by atoms with Crippen LogP contribution in [0.3, 0.4) is 0 Å². The highest BCUT2D eigenvalue weighted by Crippen LogP contribution is 2.23. The highest BCUT2D eigenvalue weighted by molar-refractivity contribution is 6.07. The molecule has 1 aliphatic heterocycles. The van der Waals surface area contributed by atoms with Crippen LogP contribution < -0.4 is 4.90 Å². The molecule has 1 fully saturated rings. The molecule has 0 spiro atoms. The standard InChI is InChI=1S/C24H27N3O3/c1-17-15-27(16-18(2)26(17)3)22-6-4-5-20(13-22)23(28)11-8-19-7-9-21(25-14-19)10-12-24(29)30/h4-14,17-18H,15-16H2,1-3H3,(H,29,30)/b11-8+,12-10+/t17-,18+. The number of likely N-dealkylation sites (N-methyl/N-ethyl adjacent to an activating group) is 1. The number of carbonyl (C=O) groups excluding carboxylic acids is 1. The Hall–Kier alpha value is -3.25. The minimum atomic E-state index is -1.02. The van der Waals surface area contributed by atoms with Crippen LogP contribution in [0, 0.1) is 0 Å². The maximum Gasteiger partial charge on any atom is 0.328 e. The van der Waals surface area contributed by atoms with Crippen molar-refractivity contribution in [3.63, 3.8) is 0 Å². The van der Waals surface area contributed by atoms with E-state index in [-0.39, 0.29) is 5.78 Å². The van der Waals surface area contributed by atoms with Gasteiger partial charge >= 0.3 is 5.97 Å². The molecule has 3 rings (SSSR count). The van der Waals surface area contributed by atoms with Crippen LogP contribution in [-0.4, -0.2) is 59.0 Å². The molecule has 0 amide bonds. The van der Waals surface area contributed by atoms with Gasteiger partial charge in [-0.05, 0) is 62.9 Å². The van der Waals surface area contributed by atoms with Crippen LogP contribution in [0.4, 0.5) is 5.69 Å². The molecule has 1 aromatic heterocycles. The number of allylic oxidation sites excluding steroid dienone is 1. The third-order valence-electron chi connectivity index (χ3n) is 5.49. The molecule has 2 aromatic rings. The van der Waals surface area contributed by atoms with Gasteiger partial charge in [0.1, 0.15) is 0 Å². The summed E-state index contributed by atoms with van der Waals surface area (Å²) in [7, 11) is 2.15. The van der Waals surface area contributed by atoms with Crippen molar-refractivity contribution >= 4 is 29.6 Å². The van der Waals surface area contributed by atoms with Gasteiger partial charge in [-0.3, -0.25) is 14.7 Å².